The van der Waals surface area contributed by atoms with Crippen molar-refractivity contribution in [2.45, 2.75) is 0 Å². The average molecular weight is 311 g/mol. The number of methoxy groups -OCH3 is 1. The molecule has 3 rings (SSSR count). The number of hydrogen-bond acceptors (Lipinski definition) is 6. The first-order chi connectivity index (χ1) is 11.2. The molecule has 2 heterocycles. The molecule has 0 spiro atoms. The van der Waals surface area contributed by atoms with Crippen molar-refractivity contribution in [3.05, 3.63) is 59.1 Å². The standard InChI is InChI=1S/C16H13N3O4/c1-22-11-4-2-3-5-12(11)23-13-15(20)18-14(19-16(13)21)10-6-8-17-9-7-10/h2-9H,1H3,(H2,18,19,20,21). The van der Waals surface area contributed by atoms with E-state index in [0.29, 0.717) is 17.1 Å². The second-order valence-corrected chi connectivity index (χ2v) is 4.56. The minimum Gasteiger partial charge on any atom is -0.493 e. The highest BCUT2D eigenvalue weighted by molar-refractivity contribution is 5.55. The van der Waals surface area contributed by atoms with E-state index >= 15 is 0 Å². The third-order valence-electron chi connectivity index (χ3n) is 3.09. The van der Waals surface area contributed by atoms with Crippen LogP contribution in [0.1, 0.15) is 0 Å². The molecule has 1 aromatic carbocycles. The second-order valence-electron chi connectivity index (χ2n) is 4.56. The third-order valence-corrected chi connectivity index (χ3v) is 3.09. The molecule has 0 amide bonds. The van der Waals surface area contributed by atoms with Gasteiger partial charge in [-0.3, -0.25) is 9.78 Å². The second kappa shape index (κ2) is 6.18. The Morgan fingerprint density at radius 3 is 2.43 bits per heavy atom. The molecule has 0 saturated heterocycles. The lowest BCUT2D eigenvalue weighted by Gasteiger charge is -2.10. The molecule has 116 valence electrons. The first-order valence-electron chi connectivity index (χ1n) is 6.73. The average Bonchev–Trinajstić information content (AvgIpc) is 2.59. The Morgan fingerprint density at radius 1 is 1.09 bits per heavy atom. The van der Waals surface area contributed by atoms with E-state index in [0.717, 1.165) is 0 Å². The van der Waals surface area contributed by atoms with Gasteiger partial charge in [0.15, 0.2) is 11.5 Å². The quantitative estimate of drug-likeness (QED) is 0.767. The van der Waals surface area contributed by atoms with Crippen LogP contribution < -0.4 is 15.0 Å². The van der Waals surface area contributed by atoms with Crippen LogP contribution in [0, 0.1) is 0 Å². The molecule has 23 heavy (non-hydrogen) atoms. The molecule has 0 unspecified atom stereocenters. The van der Waals surface area contributed by atoms with Crippen molar-refractivity contribution in [2.24, 2.45) is 0 Å². The van der Waals surface area contributed by atoms with Gasteiger partial charge in [0.25, 0.3) is 17.2 Å². The number of aromatic nitrogens is 3. The van der Waals surface area contributed by atoms with E-state index < -0.39 is 11.4 Å². The molecular weight excluding hydrogens is 298 g/mol. The van der Waals surface area contributed by atoms with Crippen LogP contribution in [-0.4, -0.2) is 27.2 Å². The molecule has 0 aliphatic carbocycles. The third kappa shape index (κ3) is 2.98. The van der Waals surface area contributed by atoms with Gasteiger partial charge >= 0.3 is 0 Å². The summed E-state index contributed by atoms with van der Waals surface area (Å²) in [6, 6.07) is 10.1. The number of para-hydroxylation sites is 2. The van der Waals surface area contributed by atoms with E-state index in [1.165, 1.54) is 7.11 Å². The zero-order valence-electron chi connectivity index (χ0n) is 12.2. The van der Waals surface area contributed by atoms with Crippen molar-refractivity contribution in [2.75, 3.05) is 7.11 Å². The highest BCUT2D eigenvalue weighted by Crippen LogP contribution is 2.32. The molecule has 0 aliphatic heterocycles. The van der Waals surface area contributed by atoms with Crippen molar-refractivity contribution in [1.29, 1.82) is 0 Å². The van der Waals surface area contributed by atoms with Gasteiger partial charge in [0.1, 0.15) is 5.82 Å². The fourth-order valence-corrected chi connectivity index (χ4v) is 2.00. The van der Waals surface area contributed by atoms with Gasteiger partial charge in [-0.1, -0.05) is 12.1 Å². The van der Waals surface area contributed by atoms with Crippen molar-refractivity contribution in [3.63, 3.8) is 0 Å². The highest BCUT2D eigenvalue weighted by atomic mass is 16.5. The van der Waals surface area contributed by atoms with Crippen LogP contribution in [0.4, 0.5) is 0 Å². The predicted molar refractivity (Wildman–Crippen MR) is 82.8 cm³/mol. The number of ether oxygens (including phenoxy) is 2. The topological polar surface area (TPSA) is 97.3 Å². The van der Waals surface area contributed by atoms with Gasteiger partial charge in [0, 0.05) is 18.0 Å². The number of rotatable bonds is 4. The molecule has 7 nitrogen and oxygen atoms in total. The summed E-state index contributed by atoms with van der Waals surface area (Å²) in [5.74, 6) is 0.153. The van der Waals surface area contributed by atoms with Crippen LogP contribution in [0.5, 0.6) is 23.1 Å². The predicted octanol–water partition coefficient (Wildman–Crippen LogP) is 2.34. The Labute approximate surface area is 131 Å². The lowest BCUT2D eigenvalue weighted by Crippen LogP contribution is -2.12. The van der Waals surface area contributed by atoms with E-state index in [1.54, 1.807) is 48.8 Å². The number of aromatic hydroxyl groups is 1. The fraction of sp³-hybridized carbons (Fsp3) is 0.0625. The Kier molecular flexibility index (Phi) is 3.92. The maximum Gasteiger partial charge on any atom is 0.298 e. The Hall–Kier alpha value is -3.35. The molecule has 0 saturated carbocycles. The zero-order valence-corrected chi connectivity index (χ0v) is 12.2. The molecule has 2 aromatic heterocycles. The smallest absolute Gasteiger partial charge is 0.298 e. The molecule has 0 atom stereocenters. The maximum atomic E-state index is 12.2. The summed E-state index contributed by atoms with van der Waals surface area (Å²) in [5, 5.41) is 10.0. The minimum absolute atomic E-state index is 0.224. The van der Waals surface area contributed by atoms with Gasteiger partial charge in [0.05, 0.1) is 7.11 Å². The van der Waals surface area contributed by atoms with Crippen LogP contribution in [0.15, 0.2) is 53.6 Å². The largest absolute Gasteiger partial charge is 0.493 e. The number of H-pyrrole nitrogens is 1. The number of nitrogens with one attached hydrogen (secondary N) is 1. The van der Waals surface area contributed by atoms with E-state index in [4.69, 9.17) is 9.47 Å². The summed E-state index contributed by atoms with van der Waals surface area (Å²) >= 11 is 0. The van der Waals surface area contributed by atoms with Crippen LogP contribution in [0.3, 0.4) is 0 Å². The van der Waals surface area contributed by atoms with E-state index in [1.807, 2.05) is 0 Å². The molecule has 2 N–H and O–H groups in total. The summed E-state index contributed by atoms with van der Waals surface area (Å²) in [7, 11) is 1.48. The summed E-state index contributed by atoms with van der Waals surface area (Å²) in [5.41, 5.74) is 0.0199. The summed E-state index contributed by atoms with van der Waals surface area (Å²) < 4.78 is 10.6. The summed E-state index contributed by atoms with van der Waals surface area (Å²) in [6.45, 7) is 0. The van der Waals surface area contributed by atoms with Crippen molar-refractivity contribution >= 4 is 0 Å². The Bertz CT molecular complexity index is 878. The number of nitrogens with zero attached hydrogens (tertiary/aromatic N) is 2. The lowest BCUT2D eigenvalue weighted by molar-refractivity contribution is 0.358. The Balaban J connectivity index is 2.00. The molecule has 0 fully saturated rings. The van der Waals surface area contributed by atoms with Gasteiger partial charge in [-0.05, 0) is 24.3 Å². The number of pyridine rings is 1. The zero-order chi connectivity index (χ0) is 16.2. The fourth-order valence-electron chi connectivity index (χ4n) is 2.00. The minimum atomic E-state index is -0.602. The maximum absolute atomic E-state index is 12.2. The SMILES string of the molecule is COc1ccccc1Oc1c(O)nc(-c2ccncc2)[nH]c1=O. The molecular formula is C16H13N3O4. The Morgan fingerprint density at radius 2 is 1.78 bits per heavy atom. The van der Waals surface area contributed by atoms with Crippen molar-refractivity contribution < 1.29 is 14.6 Å². The van der Waals surface area contributed by atoms with Gasteiger partial charge < -0.3 is 19.6 Å². The van der Waals surface area contributed by atoms with Gasteiger partial charge in [0.2, 0.25) is 0 Å². The van der Waals surface area contributed by atoms with Gasteiger partial charge in [-0.15, -0.1) is 0 Å². The van der Waals surface area contributed by atoms with E-state index in [-0.39, 0.29) is 11.6 Å². The highest BCUT2D eigenvalue weighted by Gasteiger charge is 2.16. The molecule has 0 radical (unpaired) electrons. The molecule has 3 aromatic rings. The van der Waals surface area contributed by atoms with E-state index in [9.17, 15) is 9.90 Å². The first kappa shape index (κ1) is 14.6. The van der Waals surface area contributed by atoms with Crippen molar-refractivity contribution in [3.8, 4) is 34.5 Å². The van der Waals surface area contributed by atoms with Gasteiger partial charge in [-0.2, -0.15) is 4.98 Å². The van der Waals surface area contributed by atoms with Crippen LogP contribution >= 0.6 is 0 Å². The normalized spacial score (nSPS) is 10.3. The number of benzene rings is 1. The summed E-state index contributed by atoms with van der Waals surface area (Å²) in [6.07, 6.45) is 3.12. The molecule has 7 heteroatoms. The monoisotopic (exact) mass is 311 g/mol. The van der Waals surface area contributed by atoms with Gasteiger partial charge in [-0.25, -0.2) is 0 Å². The summed E-state index contributed by atoms with van der Waals surface area (Å²) in [4.78, 5) is 22.6. The van der Waals surface area contributed by atoms with E-state index in [2.05, 4.69) is 15.0 Å². The van der Waals surface area contributed by atoms with Crippen molar-refractivity contribution in [1.82, 2.24) is 15.0 Å². The lowest BCUT2D eigenvalue weighted by atomic mass is 10.2. The number of aromatic amines is 1. The molecule has 0 bridgehead atoms. The number of hydrogen-bond donors (Lipinski definition) is 2. The molecule has 0 aliphatic rings. The first-order valence-corrected chi connectivity index (χ1v) is 6.73. The van der Waals surface area contributed by atoms with Crippen LogP contribution in [-0.2, 0) is 0 Å². The van der Waals surface area contributed by atoms with Crippen LogP contribution in [0.2, 0.25) is 0 Å². The van der Waals surface area contributed by atoms with Crippen LogP contribution in [0.25, 0.3) is 11.4 Å².